The van der Waals surface area contributed by atoms with Crippen molar-refractivity contribution in [3.05, 3.63) is 53.6 Å². The third-order valence-electron chi connectivity index (χ3n) is 5.74. The van der Waals surface area contributed by atoms with Gasteiger partial charge in [0, 0.05) is 58.6 Å². The Labute approximate surface area is 214 Å². The molecule has 38 heavy (non-hydrogen) atoms. The molecule has 0 bridgehead atoms. The van der Waals surface area contributed by atoms with Gasteiger partial charge in [-0.25, -0.2) is 14.6 Å². The highest BCUT2D eigenvalue weighted by atomic mass is 19.4. The Morgan fingerprint density at radius 1 is 0.816 bits per heavy atom. The van der Waals surface area contributed by atoms with Crippen molar-refractivity contribution >= 4 is 11.9 Å². The van der Waals surface area contributed by atoms with Gasteiger partial charge in [-0.05, 0) is 12.6 Å². The van der Waals surface area contributed by atoms with Crippen LogP contribution in [0.1, 0.15) is 17.1 Å². The van der Waals surface area contributed by atoms with E-state index in [-0.39, 0.29) is 0 Å². The average molecular weight is 554 g/mol. The van der Waals surface area contributed by atoms with Crippen LogP contribution in [0.2, 0.25) is 0 Å². The topological polar surface area (TPSA) is 102 Å². The van der Waals surface area contributed by atoms with E-state index >= 15 is 0 Å². The van der Waals surface area contributed by atoms with Crippen LogP contribution in [0.4, 0.5) is 26.3 Å². The van der Waals surface area contributed by atoms with Crippen LogP contribution in [-0.2, 0) is 35.8 Å². The number of hydrogen-bond donors (Lipinski definition) is 2. The number of nitrogens with zero attached hydrogens (tertiary/aromatic N) is 5. The summed E-state index contributed by atoms with van der Waals surface area (Å²) < 4.78 is 65.9. The molecule has 2 aliphatic heterocycles. The van der Waals surface area contributed by atoms with Gasteiger partial charge >= 0.3 is 24.3 Å². The van der Waals surface area contributed by atoms with Gasteiger partial charge < -0.3 is 19.7 Å². The van der Waals surface area contributed by atoms with E-state index < -0.39 is 24.3 Å². The first kappa shape index (κ1) is 31.1. The number of aliphatic carboxylic acids is 2. The van der Waals surface area contributed by atoms with Crippen molar-refractivity contribution in [2.45, 2.75) is 38.5 Å². The summed E-state index contributed by atoms with van der Waals surface area (Å²) in [6.07, 6.45) is -8.07. The fourth-order valence-corrected chi connectivity index (χ4v) is 3.71. The summed E-state index contributed by atoms with van der Waals surface area (Å²) >= 11 is 0. The zero-order chi connectivity index (χ0) is 28.5. The average Bonchev–Trinajstić information content (AvgIpc) is 3.22. The monoisotopic (exact) mass is 553 g/mol. The molecular weight excluding hydrogens is 524 g/mol. The number of alkyl halides is 6. The van der Waals surface area contributed by atoms with Gasteiger partial charge in [0.25, 0.3) is 0 Å². The molecule has 212 valence electrons. The lowest BCUT2D eigenvalue weighted by Gasteiger charge is -2.33. The van der Waals surface area contributed by atoms with Gasteiger partial charge in [-0.1, -0.05) is 30.3 Å². The molecule has 9 nitrogen and oxygen atoms in total. The minimum Gasteiger partial charge on any atom is -0.475 e. The third-order valence-corrected chi connectivity index (χ3v) is 5.74. The van der Waals surface area contributed by atoms with E-state index in [0.717, 1.165) is 45.8 Å². The second-order valence-corrected chi connectivity index (χ2v) is 8.70. The van der Waals surface area contributed by atoms with Crippen LogP contribution in [0.3, 0.4) is 0 Å². The highest BCUT2D eigenvalue weighted by molar-refractivity contribution is 5.73. The highest BCUT2D eigenvalue weighted by Gasteiger charge is 2.38. The minimum atomic E-state index is -5.08. The maximum absolute atomic E-state index is 10.6. The first-order valence-electron chi connectivity index (χ1n) is 11.5. The quantitative estimate of drug-likeness (QED) is 0.558. The van der Waals surface area contributed by atoms with E-state index in [0.29, 0.717) is 0 Å². The Kier molecular flexibility index (Phi) is 11.1. The summed E-state index contributed by atoms with van der Waals surface area (Å²) in [6, 6.07) is 10.7. The Morgan fingerprint density at radius 2 is 1.32 bits per heavy atom. The van der Waals surface area contributed by atoms with Gasteiger partial charge in [0.2, 0.25) is 0 Å². The van der Waals surface area contributed by atoms with Crippen LogP contribution in [0.15, 0.2) is 36.5 Å². The molecule has 15 heteroatoms. The molecule has 0 aliphatic carbocycles. The molecule has 0 radical (unpaired) electrons. The van der Waals surface area contributed by atoms with Crippen LogP contribution in [-0.4, -0.2) is 98.5 Å². The third kappa shape index (κ3) is 10.3. The van der Waals surface area contributed by atoms with Crippen molar-refractivity contribution in [2.75, 3.05) is 39.8 Å². The van der Waals surface area contributed by atoms with Crippen molar-refractivity contribution in [3.63, 3.8) is 0 Å². The summed E-state index contributed by atoms with van der Waals surface area (Å²) in [5, 5.41) is 14.2. The number of fused-ring (bicyclic) bond motifs is 1. The normalized spacial score (nSPS) is 16.9. The van der Waals surface area contributed by atoms with Crippen LogP contribution < -0.4 is 0 Å². The van der Waals surface area contributed by atoms with Crippen LogP contribution in [0.25, 0.3) is 0 Å². The standard InChI is InChI=1S/C19H27N5.2C2HF3O2/c1-21-7-9-22(10-8-21)15-18-13-20-19-16-23(11-12-24(18)19)14-17-5-3-2-4-6-17;2*3-2(4,5)1(6)7/h2-6,13H,7-12,14-16H2,1H3;2*(H,6,7). The van der Waals surface area contributed by atoms with E-state index in [2.05, 4.69) is 62.8 Å². The largest absolute Gasteiger partial charge is 0.490 e. The Balaban J connectivity index is 0.000000301. The molecule has 4 rings (SSSR count). The molecule has 2 aromatic rings. The number of imidazole rings is 1. The first-order valence-corrected chi connectivity index (χ1v) is 11.5. The van der Waals surface area contributed by atoms with E-state index in [9.17, 15) is 26.3 Å². The minimum absolute atomic E-state index is 0.956. The van der Waals surface area contributed by atoms with Gasteiger partial charge in [-0.3, -0.25) is 9.80 Å². The van der Waals surface area contributed by atoms with Crippen molar-refractivity contribution in [3.8, 4) is 0 Å². The lowest BCUT2D eigenvalue weighted by molar-refractivity contribution is -0.193. The zero-order valence-corrected chi connectivity index (χ0v) is 20.5. The van der Waals surface area contributed by atoms with Gasteiger partial charge in [-0.15, -0.1) is 0 Å². The SMILES string of the molecule is CN1CCN(Cc2cnc3n2CCN(Cc2ccccc2)C3)CC1.O=C(O)C(F)(F)F.O=C(O)C(F)(F)F. The fraction of sp³-hybridized carbons (Fsp3) is 0.522. The molecule has 0 unspecified atom stereocenters. The van der Waals surface area contributed by atoms with Gasteiger partial charge in [0.05, 0.1) is 12.2 Å². The summed E-state index contributed by atoms with van der Waals surface area (Å²) in [6.45, 7) is 9.85. The molecule has 1 saturated heterocycles. The lowest BCUT2D eigenvalue weighted by Crippen LogP contribution is -2.44. The maximum atomic E-state index is 10.6. The number of carboxylic acids is 2. The van der Waals surface area contributed by atoms with Crippen molar-refractivity contribution in [2.24, 2.45) is 0 Å². The van der Waals surface area contributed by atoms with Gasteiger partial charge in [0.1, 0.15) is 5.82 Å². The molecule has 1 aromatic heterocycles. The fourth-order valence-electron chi connectivity index (χ4n) is 3.71. The highest BCUT2D eigenvalue weighted by Crippen LogP contribution is 2.18. The smallest absolute Gasteiger partial charge is 0.475 e. The molecule has 0 amide bonds. The first-order chi connectivity index (χ1) is 17.7. The predicted molar refractivity (Wildman–Crippen MR) is 123 cm³/mol. The number of halogens is 6. The molecular formula is C23H29F6N5O4. The second kappa shape index (κ2) is 13.6. The number of rotatable bonds is 4. The number of carboxylic acid groups (broad SMARTS) is 2. The van der Waals surface area contributed by atoms with Crippen molar-refractivity contribution in [1.29, 1.82) is 0 Å². The maximum Gasteiger partial charge on any atom is 0.490 e. The molecule has 3 heterocycles. The molecule has 0 saturated carbocycles. The van der Waals surface area contributed by atoms with E-state index in [1.807, 2.05) is 0 Å². The predicted octanol–water partition coefficient (Wildman–Crippen LogP) is 2.91. The van der Waals surface area contributed by atoms with Gasteiger partial charge in [-0.2, -0.15) is 26.3 Å². The molecule has 2 N–H and O–H groups in total. The van der Waals surface area contributed by atoms with E-state index in [1.165, 1.54) is 30.2 Å². The summed E-state index contributed by atoms with van der Waals surface area (Å²) in [7, 11) is 2.21. The zero-order valence-electron chi connectivity index (χ0n) is 20.5. The molecule has 0 spiro atoms. The van der Waals surface area contributed by atoms with E-state index in [4.69, 9.17) is 24.8 Å². The van der Waals surface area contributed by atoms with Crippen molar-refractivity contribution in [1.82, 2.24) is 24.3 Å². The number of benzene rings is 1. The summed E-state index contributed by atoms with van der Waals surface area (Å²) in [5.74, 6) is -4.29. The number of hydrogen-bond acceptors (Lipinski definition) is 6. The summed E-state index contributed by atoms with van der Waals surface area (Å²) in [4.78, 5) is 30.0. The molecule has 1 fully saturated rings. The van der Waals surface area contributed by atoms with E-state index in [1.54, 1.807) is 0 Å². The number of piperazine rings is 1. The molecule has 1 aromatic carbocycles. The Morgan fingerprint density at radius 3 is 1.82 bits per heavy atom. The Bertz CT molecular complexity index is 1010. The Hall–Kier alpha value is -3.17. The van der Waals surface area contributed by atoms with Crippen molar-refractivity contribution < 1.29 is 46.1 Å². The number of aromatic nitrogens is 2. The van der Waals surface area contributed by atoms with Gasteiger partial charge in [0.15, 0.2) is 0 Å². The number of likely N-dealkylation sites (N-methyl/N-ethyl adjacent to an activating group) is 1. The number of carbonyl (C=O) groups is 2. The lowest BCUT2D eigenvalue weighted by atomic mass is 10.2. The second-order valence-electron chi connectivity index (χ2n) is 8.70. The molecule has 0 atom stereocenters. The van der Waals surface area contributed by atoms with Crippen LogP contribution >= 0.6 is 0 Å². The summed E-state index contributed by atoms with van der Waals surface area (Å²) in [5.41, 5.74) is 2.77. The van der Waals surface area contributed by atoms with Crippen LogP contribution in [0.5, 0.6) is 0 Å². The van der Waals surface area contributed by atoms with Crippen LogP contribution in [0, 0.1) is 0 Å². The molecule has 2 aliphatic rings.